The van der Waals surface area contributed by atoms with Gasteiger partial charge in [-0.05, 0) is 31.1 Å². The SMILES string of the molecule is COC(C)c1noc(C2CCC(N)C(C)C2(C)C)n1. The first kappa shape index (κ1) is 14.5. The maximum Gasteiger partial charge on any atom is 0.230 e. The first-order valence-electron chi connectivity index (χ1n) is 6.99. The second kappa shape index (κ2) is 5.21. The molecule has 108 valence electrons. The van der Waals surface area contributed by atoms with Crippen LogP contribution in [0.2, 0.25) is 0 Å². The fraction of sp³-hybridized carbons (Fsp3) is 0.857. The van der Waals surface area contributed by atoms with Crippen LogP contribution in [0.5, 0.6) is 0 Å². The molecule has 0 bridgehead atoms. The Hall–Kier alpha value is -0.940. The molecule has 4 atom stereocenters. The third-order valence-electron chi connectivity index (χ3n) is 4.98. The van der Waals surface area contributed by atoms with Gasteiger partial charge < -0.3 is 15.0 Å². The minimum Gasteiger partial charge on any atom is -0.374 e. The molecular formula is C14H25N3O2. The summed E-state index contributed by atoms with van der Waals surface area (Å²) in [6.45, 7) is 8.61. The van der Waals surface area contributed by atoms with Crippen molar-refractivity contribution in [2.75, 3.05) is 7.11 Å². The summed E-state index contributed by atoms with van der Waals surface area (Å²) in [7, 11) is 1.65. The molecule has 1 heterocycles. The summed E-state index contributed by atoms with van der Waals surface area (Å²) in [5, 5.41) is 4.03. The van der Waals surface area contributed by atoms with Crippen LogP contribution in [0.3, 0.4) is 0 Å². The third-order valence-corrected chi connectivity index (χ3v) is 4.98. The van der Waals surface area contributed by atoms with E-state index in [1.54, 1.807) is 7.11 Å². The van der Waals surface area contributed by atoms with E-state index in [0.29, 0.717) is 11.7 Å². The fourth-order valence-electron chi connectivity index (χ4n) is 2.95. The number of aromatic nitrogens is 2. The predicted molar refractivity (Wildman–Crippen MR) is 72.6 cm³/mol. The Morgan fingerprint density at radius 1 is 1.42 bits per heavy atom. The van der Waals surface area contributed by atoms with Gasteiger partial charge in [0, 0.05) is 19.1 Å². The van der Waals surface area contributed by atoms with E-state index in [2.05, 4.69) is 30.9 Å². The van der Waals surface area contributed by atoms with E-state index in [1.807, 2.05) is 6.92 Å². The van der Waals surface area contributed by atoms with E-state index >= 15 is 0 Å². The van der Waals surface area contributed by atoms with Gasteiger partial charge in [-0.2, -0.15) is 4.98 Å². The Kier molecular flexibility index (Phi) is 3.97. The van der Waals surface area contributed by atoms with Crippen LogP contribution >= 0.6 is 0 Å². The zero-order chi connectivity index (χ0) is 14.2. The number of nitrogens with two attached hydrogens (primary N) is 1. The molecule has 1 aliphatic carbocycles. The molecule has 0 amide bonds. The largest absolute Gasteiger partial charge is 0.374 e. The van der Waals surface area contributed by atoms with Crippen LogP contribution in [0.25, 0.3) is 0 Å². The molecular weight excluding hydrogens is 242 g/mol. The van der Waals surface area contributed by atoms with Gasteiger partial charge in [0.2, 0.25) is 5.89 Å². The molecule has 0 aliphatic heterocycles. The van der Waals surface area contributed by atoms with Crippen molar-refractivity contribution in [3.8, 4) is 0 Å². The Morgan fingerprint density at radius 3 is 2.74 bits per heavy atom. The normalized spacial score (nSPS) is 32.2. The summed E-state index contributed by atoms with van der Waals surface area (Å²) in [5.41, 5.74) is 6.25. The van der Waals surface area contributed by atoms with Crippen molar-refractivity contribution in [2.24, 2.45) is 17.1 Å². The van der Waals surface area contributed by atoms with E-state index in [1.165, 1.54) is 0 Å². The lowest BCUT2D eigenvalue weighted by Crippen LogP contribution is -2.45. The van der Waals surface area contributed by atoms with Gasteiger partial charge in [-0.1, -0.05) is 25.9 Å². The lowest BCUT2D eigenvalue weighted by molar-refractivity contribution is 0.0805. The fourth-order valence-corrected chi connectivity index (χ4v) is 2.95. The smallest absolute Gasteiger partial charge is 0.230 e. The Balaban J connectivity index is 2.24. The van der Waals surface area contributed by atoms with E-state index in [9.17, 15) is 0 Å². The summed E-state index contributed by atoms with van der Waals surface area (Å²) in [6.07, 6.45) is 1.87. The van der Waals surface area contributed by atoms with Crippen molar-refractivity contribution in [1.82, 2.24) is 10.1 Å². The van der Waals surface area contributed by atoms with Crippen LogP contribution in [0.1, 0.15) is 64.3 Å². The van der Waals surface area contributed by atoms with Gasteiger partial charge in [0.15, 0.2) is 5.82 Å². The summed E-state index contributed by atoms with van der Waals surface area (Å²) in [6, 6.07) is 0.256. The van der Waals surface area contributed by atoms with Crippen LogP contribution in [-0.2, 0) is 4.74 Å². The molecule has 2 N–H and O–H groups in total. The third kappa shape index (κ3) is 2.54. The molecule has 1 aromatic rings. The number of methoxy groups -OCH3 is 1. The molecule has 5 heteroatoms. The molecule has 19 heavy (non-hydrogen) atoms. The second-order valence-corrected chi connectivity index (χ2v) is 6.27. The van der Waals surface area contributed by atoms with Crippen molar-refractivity contribution in [1.29, 1.82) is 0 Å². The van der Waals surface area contributed by atoms with Crippen LogP contribution in [0.4, 0.5) is 0 Å². The van der Waals surface area contributed by atoms with E-state index in [0.717, 1.165) is 18.7 Å². The van der Waals surface area contributed by atoms with Crippen LogP contribution in [0, 0.1) is 11.3 Å². The molecule has 0 saturated heterocycles. The Labute approximate surface area is 114 Å². The molecule has 2 rings (SSSR count). The zero-order valence-corrected chi connectivity index (χ0v) is 12.5. The quantitative estimate of drug-likeness (QED) is 0.911. The Morgan fingerprint density at radius 2 is 2.11 bits per heavy atom. The molecule has 1 saturated carbocycles. The molecule has 0 spiro atoms. The molecule has 0 radical (unpaired) electrons. The van der Waals surface area contributed by atoms with Crippen molar-refractivity contribution in [3.63, 3.8) is 0 Å². The maximum absolute atomic E-state index is 6.18. The highest BCUT2D eigenvalue weighted by Crippen LogP contribution is 2.49. The molecule has 4 unspecified atom stereocenters. The minimum absolute atomic E-state index is 0.0672. The minimum atomic E-state index is -0.135. The number of nitrogens with zero attached hydrogens (tertiary/aromatic N) is 2. The van der Waals surface area contributed by atoms with Crippen LogP contribution < -0.4 is 5.73 Å². The summed E-state index contributed by atoms with van der Waals surface area (Å²) < 4.78 is 10.7. The summed E-state index contributed by atoms with van der Waals surface area (Å²) in [4.78, 5) is 4.52. The lowest BCUT2D eigenvalue weighted by Gasteiger charge is -2.45. The van der Waals surface area contributed by atoms with E-state index in [-0.39, 0.29) is 23.5 Å². The van der Waals surface area contributed by atoms with E-state index in [4.69, 9.17) is 15.0 Å². The molecule has 5 nitrogen and oxygen atoms in total. The monoisotopic (exact) mass is 267 g/mol. The molecule has 0 aromatic carbocycles. The predicted octanol–water partition coefficient (Wildman–Crippen LogP) is 2.64. The van der Waals surface area contributed by atoms with Gasteiger partial charge in [0.25, 0.3) is 0 Å². The van der Waals surface area contributed by atoms with Crippen molar-refractivity contribution in [3.05, 3.63) is 11.7 Å². The number of hydrogen-bond acceptors (Lipinski definition) is 5. The van der Waals surface area contributed by atoms with Crippen molar-refractivity contribution in [2.45, 2.75) is 58.6 Å². The Bertz CT molecular complexity index is 430. The highest BCUT2D eigenvalue weighted by molar-refractivity contribution is 5.07. The van der Waals surface area contributed by atoms with Gasteiger partial charge in [-0.15, -0.1) is 0 Å². The summed E-state index contributed by atoms with van der Waals surface area (Å²) in [5.74, 6) is 2.05. The topological polar surface area (TPSA) is 74.2 Å². The second-order valence-electron chi connectivity index (χ2n) is 6.27. The molecule has 1 aliphatic rings. The highest BCUT2D eigenvalue weighted by atomic mass is 16.5. The van der Waals surface area contributed by atoms with E-state index < -0.39 is 0 Å². The average molecular weight is 267 g/mol. The maximum atomic E-state index is 6.18. The number of hydrogen-bond donors (Lipinski definition) is 1. The van der Waals surface area contributed by atoms with Gasteiger partial charge in [-0.25, -0.2) is 0 Å². The van der Waals surface area contributed by atoms with Crippen LogP contribution in [0.15, 0.2) is 4.52 Å². The lowest BCUT2D eigenvalue weighted by atomic mass is 9.61. The zero-order valence-electron chi connectivity index (χ0n) is 12.5. The molecule has 1 fully saturated rings. The van der Waals surface area contributed by atoms with Crippen LogP contribution in [-0.4, -0.2) is 23.3 Å². The average Bonchev–Trinajstić information content (AvgIpc) is 2.84. The van der Waals surface area contributed by atoms with Crippen molar-refractivity contribution < 1.29 is 9.26 Å². The van der Waals surface area contributed by atoms with Gasteiger partial charge >= 0.3 is 0 Å². The first-order valence-corrected chi connectivity index (χ1v) is 6.99. The first-order chi connectivity index (χ1) is 8.87. The van der Waals surface area contributed by atoms with Gasteiger partial charge in [-0.3, -0.25) is 0 Å². The summed E-state index contributed by atoms with van der Waals surface area (Å²) >= 11 is 0. The highest BCUT2D eigenvalue weighted by Gasteiger charge is 2.44. The van der Waals surface area contributed by atoms with Crippen molar-refractivity contribution >= 4 is 0 Å². The number of rotatable bonds is 3. The standard InChI is InChI=1S/C14H25N3O2/c1-8-11(15)7-6-10(14(8,3)4)13-16-12(17-19-13)9(2)18-5/h8-11H,6-7,15H2,1-5H3. The number of ether oxygens (including phenoxy) is 1. The van der Waals surface area contributed by atoms with Gasteiger partial charge in [0.1, 0.15) is 6.10 Å². The molecule has 1 aromatic heterocycles. The van der Waals surface area contributed by atoms with Gasteiger partial charge in [0.05, 0.1) is 0 Å².